The largest absolute Gasteiger partial charge is 0.213 e. The molecule has 0 N–H and O–H groups in total. The normalized spacial score (nSPS) is 9.67. The fourth-order valence-electron chi connectivity index (χ4n) is 0.985. The van der Waals surface area contributed by atoms with Crippen molar-refractivity contribution in [3.8, 4) is 0 Å². The predicted molar refractivity (Wildman–Crippen MR) is 45.5 cm³/mol. The van der Waals surface area contributed by atoms with Crippen LogP contribution in [-0.4, -0.2) is 14.1 Å². The van der Waals surface area contributed by atoms with Gasteiger partial charge in [0, 0.05) is 14.1 Å². The SMILES string of the molecule is CN(F)c1ccccc1N(C)F. The molecule has 1 rings (SSSR count). The Kier molecular flexibility index (Phi) is 2.47. The van der Waals surface area contributed by atoms with Crippen molar-refractivity contribution >= 4 is 11.4 Å². The summed E-state index contributed by atoms with van der Waals surface area (Å²) >= 11 is 0. The molecule has 0 unspecified atom stereocenters. The van der Waals surface area contributed by atoms with E-state index in [9.17, 15) is 8.96 Å². The number of hydrogen-bond acceptors (Lipinski definition) is 2. The molecule has 0 aromatic heterocycles. The Balaban J connectivity index is 3.09. The van der Waals surface area contributed by atoms with Gasteiger partial charge in [0.05, 0.1) is 11.4 Å². The molecule has 0 saturated carbocycles. The highest BCUT2D eigenvalue weighted by atomic mass is 19.2. The minimum absolute atomic E-state index is 0.211. The summed E-state index contributed by atoms with van der Waals surface area (Å²) in [5, 5.41) is 0.761. The van der Waals surface area contributed by atoms with Crippen LogP contribution in [0.5, 0.6) is 0 Å². The van der Waals surface area contributed by atoms with Crippen molar-refractivity contribution in [1.82, 2.24) is 0 Å². The lowest BCUT2D eigenvalue weighted by molar-refractivity contribution is 0.456. The number of benzene rings is 1. The summed E-state index contributed by atoms with van der Waals surface area (Å²) in [4.78, 5) is 0. The first-order valence-electron chi connectivity index (χ1n) is 3.51. The number of halogens is 2. The highest BCUT2D eigenvalue weighted by molar-refractivity contribution is 5.68. The Bertz CT molecular complexity index is 234. The quantitative estimate of drug-likeness (QED) is 0.632. The maximum absolute atomic E-state index is 12.7. The Morgan fingerprint density at radius 3 is 1.50 bits per heavy atom. The van der Waals surface area contributed by atoms with Crippen molar-refractivity contribution in [1.29, 1.82) is 0 Å². The number of anilines is 2. The van der Waals surface area contributed by atoms with Crippen LogP contribution in [0.3, 0.4) is 0 Å². The second-order valence-electron chi connectivity index (χ2n) is 2.44. The van der Waals surface area contributed by atoms with Crippen molar-refractivity contribution in [2.75, 3.05) is 24.3 Å². The van der Waals surface area contributed by atoms with Gasteiger partial charge < -0.3 is 0 Å². The molecule has 0 radical (unpaired) electrons. The zero-order chi connectivity index (χ0) is 9.14. The molecule has 0 spiro atoms. The third kappa shape index (κ3) is 1.64. The standard InChI is InChI=1S/C8H10F2N2/c1-11(9)7-5-3-4-6-8(7)12(2)10/h3-6H,1-2H3. The van der Waals surface area contributed by atoms with E-state index in [4.69, 9.17) is 0 Å². The molecule has 0 aliphatic heterocycles. The fraction of sp³-hybridized carbons (Fsp3) is 0.250. The monoisotopic (exact) mass is 172 g/mol. The summed E-state index contributed by atoms with van der Waals surface area (Å²) in [6.45, 7) is 0. The maximum atomic E-state index is 12.7. The van der Waals surface area contributed by atoms with Gasteiger partial charge in [0.2, 0.25) is 0 Å². The molecule has 12 heavy (non-hydrogen) atoms. The fourth-order valence-corrected chi connectivity index (χ4v) is 0.985. The first-order chi connectivity index (χ1) is 5.63. The van der Waals surface area contributed by atoms with Crippen LogP contribution in [0.2, 0.25) is 0 Å². The van der Waals surface area contributed by atoms with Gasteiger partial charge in [0.15, 0.2) is 0 Å². The van der Waals surface area contributed by atoms with Crippen molar-refractivity contribution in [3.05, 3.63) is 24.3 Å². The van der Waals surface area contributed by atoms with E-state index >= 15 is 0 Å². The minimum Gasteiger partial charge on any atom is -0.213 e. The summed E-state index contributed by atoms with van der Waals surface area (Å²) in [5.41, 5.74) is 0.421. The van der Waals surface area contributed by atoms with Gasteiger partial charge in [-0.2, -0.15) is 0 Å². The van der Waals surface area contributed by atoms with Crippen LogP contribution in [0.15, 0.2) is 24.3 Å². The lowest BCUT2D eigenvalue weighted by Gasteiger charge is -2.15. The molecule has 0 heterocycles. The first-order valence-corrected chi connectivity index (χ1v) is 3.51. The molecule has 0 fully saturated rings. The maximum Gasteiger partial charge on any atom is 0.0943 e. The van der Waals surface area contributed by atoms with E-state index in [0.717, 1.165) is 0 Å². The Morgan fingerprint density at radius 2 is 1.25 bits per heavy atom. The molecular formula is C8H10F2N2. The number of hydrogen-bond donors (Lipinski definition) is 0. The molecule has 1 aromatic carbocycles. The van der Waals surface area contributed by atoms with Gasteiger partial charge in [0.25, 0.3) is 0 Å². The Hall–Kier alpha value is -1.32. The topological polar surface area (TPSA) is 6.48 Å². The lowest BCUT2D eigenvalue weighted by atomic mass is 10.2. The first kappa shape index (κ1) is 8.77. The van der Waals surface area contributed by atoms with E-state index in [0.29, 0.717) is 10.2 Å². The summed E-state index contributed by atoms with van der Waals surface area (Å²) in [7, 11) is 2.45. The summed E-state index contributed by atoms with van der Waals surface area (Å²) in [6.07, 6.45) is 0. The smallest absolute Gasteiger partial charge is 0.0943 e. The highest BCUT2D eigenvalue weighted by Gasteiger charge is 2.08. The zero-order valence-corrected chi connectivity index (χ0v) is 6.96. The van der Waals surface area contributed by atoms with E-state index in [1.165, 1.54) is 26.2 Å². The third-order valence-corrected chi connectivity index (χ3v) is 1.55. The van der Waals surface area contributed by atoms with Gasteiger partial charge in [-0.05, 0) is 12.1 Å². The van der Waals surface area contributed by atoms with Gasteiger partial charge in [0.1, 0.15) is 0 Å². The minimum atomic E-state index is 0.211. The van der Waals surface area contributed by atoms with Gasteiger partial charge >= 0.3 is 0 Å². The molecule has 66 valence electrons. The van der Waals surface area contributed by atoms with Crippen LogP contribution in [0.1, 0.15) is 0 Å². The van der Waals surface area contributed by atoms with Crippen LogP contribution in [0, 0.1) is 0 Å². The van der Waals surface area contributed by atoms with Gasteiger partial charge in [-0.25, -0.2) is 10.2 Å². The van der Waals surface area contributed by atoms with Crippen LogP contribution < -0.4 is 10.2 Å². The Morgan fingerprint density at radius 1 is 0.917 bits per heavy atom. The zero-order valence-electron chi connectivity index (χ0n) is 6.96. The molecule has 4 heteroatoms. The van der Waals surface area contributed by atoms with Crippen molar-refractivity contribution < 1.29 is 8.96 Å². The average molecular weight is 172 g/mol. The van der Waals surface area contributed by atoms with E-state index < -0.39 is 0 Å². The Labute approximate surface area is 69.9 Å². The van der Waals surface area contributed by atoms with Gasteiger partial charge in [-0.3, -0.25) is 0 Å². The van der Waals surface area contributed by atoms with Gasteiger partial charge in [-0.1, -0.05) is 12.1 Å². The van der Waals surface area contributed by atoms with Crippen molar-refractivity contribution in [2.45, 2.75) is 0 Å². The van der Waals surface area contributed by atoms with E-state index in [2.05, 4.69) is 0 Å². The molecule has 0 aliphatic carbocycles. The van der Waals surface area contributed by atoms with Crippen molar-refractivity contribution in [2.24, 2.45) is 0 Å². The van der Waals surface area contributed by atoms with Crippen LogP contribution in [0.25, 0.3) is 0 Å². The molecule has 0 atom stereocenters. The van der Waals surface area contributed by atoms with E-state index in [-0.39, 0.29) is 11.4 Å². The highest BCUT2D eigenvalue weighted by Crippen LogP contribution is 2.27. The lowest BCUT2D eigenvalue weighted by Crippen LogP contribution is -2.10. The van der Waals surface area contributed by atoms with Crippen LogP contribution >= 0.6 is 0 Å². The molecule has 1 aromatic rings. The van der Waals surface area contributed by atoms with E-state index in [1.807, 2.05) is 0 Å². The second kappa shape index (κ2) is 3.38. The predicted octanol–water partition coefficient (Wildman–Crippen LogP) is 2.33. The summed E-state index contributed by atoms with van der Waals surface area (Å²) in [5.74, 6) is 0. The molecule has 0 saturated heterocycles. The van der Waals surface area contributed by atoms with Crippen LogP contribution in [-0.2, 0) is 0 Å². The number of rotatable bonds is 2. The number of para-hydroxylation sites is 2. The molecule has 0 amide bonds. The summed E-state index contributed by atoms with van der Waals surface area (Å²) < 4.78 is 25.4. The number of nitrogens with zero attached hydrogens (tertiary/aromatic N) is 2. The molecular weight excluding hydrogens is 162 g/mol. The third-order valence-electron chi connectivity index (χ3n) is 1.55. The molecule has 0 aliphatic rings. The second-order valence-corrected chi connectivity index (χ2v) is 2.44. The van der Waals surface area contributed by atoms with Gasteiger partial charge in [-0.15, -0.1) is 8.96 Å². The average Bonchev–Trinajstić information content (AvgIpc) is 2.04. The summed E-state index contributed by atoms with van der Waals surface area (Å²) in [6, 6.07) is 6.31. The molecule has 2 nitrogen and oxygen atoms in total. The van der Waals surface area contributed by atoms with Crippen LogP contribution in [0.4, 0.5) is 20.3 Å². The molecule has 0 bridgehead atoms. The van der Waals surface area contributed by atoms with E-state index in [1.54, 1.807) is 12.1 Å². The van der Waals surface area contributed by atoms with Crippen molar-refractivity contribution in [3.63, 3.8) is 0 Å².